The lowest BCUT2D eigenvalue weighted by Gasteiger charge is -2.19. The molecule has 1 aliphatic rings. The first-order valence-corrected chi connectivity index (χ1v) is 9.83. The zero-order valence-electron chi connectivity index (χ0n) is 16.8. The number of para-hydroxylation sites is 1. The summed E-state index contributed by atoms with van der Waals surface area (Å²) in [6.45, 7) is 0.556. The number of ether oxygens (including phenoxy) is 2. The van der Waals surface area contributed by atoms with E-state index in [1.54, 1.807) is 48.3 Å². The summed E-state index contributed by atoms with van der Waals surface area (Å²) >= 11 is 0. The Labute approximate surface area is 178 Å². The predicted octanol–water partition coefficient (Wildman–Crippen LogP) is 3.39. The third-order valence-corrected chi connectivity index (χ3v) is 5.21. The first kappa shape index (κ1) is 18.9. The van der Waals surface area contributed by atoms with Crippen LogP contribution < -0.4 is 15.0 Å². The van der Waals surface area contributed by atoms with E-state index >= 15 is 0 Å². The minimum atomic E-state index is -0.279. The maximum Gasteiger partial charge on any atom is 0.279 e. The first-order valence-electron chi connectivity index (χ1n) is 9.83. The smallest absolute Gasteiger partial charge is 0.279 e. The second kappa shape index (κ2) is 7.60. The van der Waals surface area contributed by atoms with E-state index in [2.05, 4.69) is 5.10 Å². The van der Waals surface area contributed by atoms with Gasteiger partial charge >= 0.3 is 0 Å². The molecule has 154 valence electrons. The third-order valence-electron chi connectivity index (χ3n) is 5.21. The van der Waals surface area contributed by atoms with Crippen LogP contribution in [0.25, 0.3) is 16.5 Å². The van der Waals surface area contributed by atoms with Crippen LogP contribution in [0.5, 0.6) is 11.5 Å². The number of carbonyl (C=O) groups is 1. The number of fused-ring (bicyclic) bond motifs is 2. The molecule has 2 heterocycles. The molecular formula is C24H19N3O4. The molecule has 0 N–H and O–H groups in total. The highest BCUT2D eigenvalue weighted by molar-refractivity contribution is 6.04. The highest BCUT2D eigenvalue weighted by Gasteiger charge is 2.21. The Kier molecular flexibility index (Phi) is 4.63. The lowest BCUT2D eigenvalue weighted by atomic mass is 10.1. The molecule has 7 nitrogen and oxygen atoms in total. The fourth-order valence-corrected chi connectivity index (χ4v) is 3.66. The van der Waals surface area contributed by atoms with Crippen molar-refractivity contribution in [2.24, 2.45) is 0 Å². The van der Waals surface area contributed by atoms with E-state index in [0.717, 1.165) is 5.56 Å². The van der Waals surface area contributed by atoms with Crippen LogP contribution in [0.3, 0.4) is 0 Å². The molecule has 0 fully saturated rings. The summed E-state index contributed by atoms with van der Waals surface area (Å²) in [5.74, 6) is 1.08. The van der Waals surface area contributed by atoms with Crippen molar-refractivity contribution in [2.45, 2.75) is 6.54 Å². The average Bonchev–Trinajstić information content (AvgIpc) is 3.27. The maximum atomic E-state index is 13.4. The van der Waals surface area contributed by atoms with Gasteiger partial charge in [0, 0.05) is 19.0 Å². The number of benzene rings is 3. The minimum Gasteiger partial charge on any atom is -0.454 e. The summed E-state index contributed by atoms with van der Waals surface area (Å²) in [4.78, 5) is 28.0. The van der Waals surface area contributed by atoms with Gasteiger partial charge in [0.15, 0.2) is 17.2 Å². The number of hydrogen-bond donors (Lipinski definition) is 0. The van der Waals surface area contributed by atoms with Gasteiger partial charge in [0.25, 0.3) is 11.5 Å². The topological polar surface area (TPSA) is 73.7 Å². The molecule has 0 saturated carbocycles. The molecular weight excluding hydrogens is 394 g/mol. The SMILES string of the molecule is CN(Cc1ccc2c(c1)OCO2)C(=O)c1nn(-c2ccccc2)c(=O)c2ccccc12. The Morgan fingerprint density at radius 2 is 1.68 bits per heavy atom. The number of nitrogens with zero attached hydrogens (tertiary/aromatic N) is 3. The van der Waals surface area contributed by atoms with Crippen LogP contribution in [0.2, 0.25) is 0 Å². The van der Waals surface area contributed by atoms with Crippen LogP contribution in [0.15, 0.2) is 77.6 Å². The average molecular weight is 413 g/mol. The zero-order chi connectivity index (χ0) is 21.4. The standard InChI is InChI=1S/C24H19N3O4/c1-26(14-16-11-12-20-21(13-16)31-15-30-20)24(29)22-18-9-5-6-10-19(18)23(28)27(25-22)17-7-3-2-4-8-17/h2-13H,14-15H2,1H3. The highest BCUT2D eigenvalue weighted by atomic mass is 16.7. The van der Waals surface area contributed by atoms with E-state index in [0.29, 0.717) is 34.5 Å². The van der Waals surface area contributed by atoms with Gasteiger partial charge in [-0.1, -0.05) is 42.5 Å². The molecule has 31 heavy (non-hydrogen) atoms. The fraction of sp³-hybridized carbons (Fsp3) is 0.125. The van der Waals surface area contributed by atoms with Crippen molar-refractivity contribution in [1.29, 1.82) is 0 Å². The Morgan fingerprint density at radius 3 is 2.48 bits per heavy atom. The second-order valence-corrected chi connectivity index (χ2v) is 7.30. The molecule has 0 unspecified atom stereocenters. The van der Waals surface area contributed by atoms with E-state index in [-0.39, 0.29) is 24.0 Å². The van der Waals surface area contributed by atoms with Crippen molar-refractivity contribution in [3.8, 4) is 17.2 Å². The maximum absolute atomic E-state index is 13.4. The van der Waals surface area contributed by atoms with Gasteiger partial charge in [0.1, 0.15) is 0 Å². The van der Waals surface area contributed by atoms with Crippen molar-refractivity contribution >= 4 is 16.7 Å². The van der Waals surface area contributed by atoms with Crippen molar-refractivity contribution in [2.75, 3.05) is 13.8 Å². The van der Waals surface area contributed by atoms with Crippen LogP contribution >= 0.6 is 0 Å². The minimum absolute atomic E-state index is 0.199. The Morgan fingerprint density at radius 1 is 0.968 bits per heavy atom. The van der Waals surface area contributed by atoms with Crippen LogP contribution in [-0.2, 0) is 6.54 Å². The van der Waals surface area contributed by atoms with Crippen molar-refractivity contribution < 1.29 is 14.3 Å². The Hall–Kier alpha value is -4.13. The van der Waals surface area contributed by atoms with Gasteiger partial charge in [-0.05, 0) is 35.9 Å². The van der Waals surface area contributed by atoms with Crippen molar-refractivity contribution in [3.05, 3.63) is 94.4 Å². The van der Waals surface area contributed by atoms with Gasteiger partial charge in [0.05, 0.1) is 11.1 Å². The van der Waals surface area contributed by atoms with Gasteiger partial charge < -0.3 is 14.4 Å². The first-order chi connectivity index (χ1) is 15.1. The summed E-state index contributed by atoms with van der Waals surface area (Å²) in [6.07, 6.45) is 0. The van der Waals surface area contributed by atoms with E-state index in [1.165, 1.54) is 4.68 Å². The van der Waals surface area contributed by atoms with Gasteiger partial charge in [-0.25, -0.2) is 0 Å². The quantitative estimate of drug-likeness (QED) is 0.513. The normalized spacial score (nSPS) is 12.2. The molecule has 4 aromatic rings. The van der Waals surface area contributed by atoms with Gasteiger partial charge in [-0.2, -0.15) is 9.78 Å². The van der Waals surface area contributed by atoms with E-state index in [9.17, 15) is 9.59 Å². The van der Waals surface area contributed by atoms with E-state index < -0.39 is 0 Å². The second-order valence-electron chi connectivity index (χ2n) is 7.30. The molecule has 1 aliphatic heterocycles. The monoisotopic (exact) mass is 413 g/mol. The number of rotatable bonds is 4. The molecule has 1 amide bonds. The van der Waals surface area contributed by atoms with Crippen LogP contribution in [0, 0.1) is 0 Å². The lowest BCUT2D eigenvalue weighted by molar-refractivity contribution is 0.0779. The van der Waals surface area contributed by atoms with Crippen molar-refractivity contribution in [3.63, 3.8) is 0 Å². The molecule has 1 aromatic heterocycles. The van der Waals surface area contributed by atoms with Gasteiger partial charge in [-0.3, -0.25) is 9.59 Å². The van der Waals surface area contributed by atoms with Crippen molar-refractivity contribution in [1.82, 2.24) is 14.7 Å². The molecule has 0 aliphatic carbocycles. The Balaban J connectivity index is 1.55. The lowest BCUT2D eigenvalue weighted by Crippen LogP contribution is -2.31. The number of aromatic nitrogens is 2. The van der Waals surface area contributed by atoms with Crippen LogP contribution in [0.1, 0.15) is 16.1 Å². The number of amides is 1. The summed E-state index contributed by atoms with van der Waals surface area (Å²) < 4.78 is 12.1. The third kappa shape index (κ3) is 3.40. The molecule has 0 saturated heterocycles. The predicted molar refractivity (Wildman–Crippen MR) is 116 cm³/mol. The summed E-state index contributed by atoms with van der Waals surface area (Å²) in [6, 6.07) is 21.7. The van der Waals surface area contributed by atoms with Gasteiger partial charge in [0.2, 0.25) is 6.79 Å². The highest BCUT2D eigenvalue weighted by Crippen LogP contribution is 2.32. The van der Waals surface area contributed by atoms with Crippen LogP contribution in [0.4, 0.5) is 0 Å². The molecule has 5 rings (SSSR count). The summed E-state index contributed by atoms with van der Waals surface area (Å²) in [5.41, 5.74) is 1.46. The largest absolute Gasteiger partial charge is 0.454 e. The van der Waals surface area contributed by atoms with Crippen LogP contribution in [-0.4, -0.2) is 34.4 Å². The molecule has 3 aromatic carbocycles. The number of carbonyl (C=O) groups excluding carboxylic acids is 1. The van der Waals surface area contributed by atoms with E-state index in [4.69, 9.17) is 9.47 Å². The molecule has 0 spiro atoms. The van der Waals surface area contributed by atoms with E-state index in [1.807, 2.05) is 36.4 Å². The molecule has 0 radical (unpaired) electrons. The molecule has 0 bridgehead atoms. The molecule has 0 atom stereocenters. The fourth-order valence-electron chi connectivity index (χ4n) is 3.66. The Bertz CT molecular complexity index is 1350. The van der Waals surface area contributed by atoms with Gasteiger partial charge in [-0.15, -0.1) is 0 Å². The summed E-state index contributed by atoms with van der Waals surface area (Å²) in [5, 5.41) is 5.43. The molecule has 7 heteroatoms. The zero-order valence-corrected chi connectivity index (χ0v) is 16.8. The summed E-state index contributed by atoms with van der Waals surface area (Å²) in [7, 11) is 1.71. The number of hydrogen-bond acceptors (Lipinski definition) is 5.